The van der Waals surface area contributed by atoms with E-state index in [1.165, 1.54) is 34.6 Å². The molecule has 0 heterocycles. The van der Waals surface area contributed by atoms with Crippen molar-refractivity contribution in [2.75, 3.05) is 25.0 Å². The largest absolute Gasteiger partial charge is 0.484 e. The molecule has 1 N–H and O–H groups in total. The van der Waals surface area contributed by atoms with E-state index in [2.05, 4.69) is 5.32 Å². The number of sulfonamides is 1. The molecule has 0 saturated carbocycles. The molecule has 0 fully saturated rings. The van der Waals surface area contributed by atoms with Gasteiger partial charge in [-0.2, -0.15) is 4.31 Å². The smallest absolute Gasteiger partial charge is 0.262 e. The summed E-state index contributed by atoms with van der Waals surface area (Å²) in [6.07, 6.45) is 0. The highest BCUT2D eigenvalue weighted by atomic mass is 35.5. The monoisotopic (exact) mass is 430 g/mol. The number of nitrogens with one attached hydrogen (secondary N) is 1. The number of hydrogen-bond donors (Lipinski definition) is 1. The highest BCUT2D eigenvalue weighted by Gasteiger charge is 2.21. The fraction of sp³-hybridized carbons (Fsp3) is 0.278. The second-order valence-corrected chi connectivity index (χ2v) is 8.30. The van der Waals surface area contributed by atoms with Crippen LogP contribution in [0.25, 0.3) is 0 Å². The maximum Gasteiger partial charge on any atom is 0.262 e. The Labute approximate surface area is 169 Å². The zero-order valence-electron chi connectivity index (χ0n) is 14.9. The average Bonchev–Trinajstić information content (AvgIpc) is 2.64. The highest BCUT2D eigenvalue weighted by molar-refractivity contribution is 7.89. The Kier molecular flexibility index (Phi) is 7.49. The van der Waals surface area contributed by atoms with Gasteiger partial charge in [-0.1, -0.05) is 37.0 Å². The Morgan fingerprint density at radius 1 is 1.07 bits per heavy atom. The van der Waals surface area contributed by atoms with Gasteiger partial charge in [-0.25, -0.2) is 8.42 Å². The van der Waals surface area contributed by atoms with Gasteiger partial charge in [0.2, 0.25) is 10.0 Å². The predicted octanol–water partition coefficient (Wildman–Crippen LogP) is 4.04. The number of anilines is 1. The number of hydrogen-bond acceptors (Lipinski definition) is 4. The minimum atomic E-state index is -3.53. The quantitative estimate of drug-likeness (QED) is 0.685. The zero-order valence-corrected chi connectivity index (χ0v) is 17.2. The summed E-state index contributed by atoms with van der Waals surface area (Å²) in [4.78, 5) is 12.2. The number of rotatable bonds is 8. The molecule has 2 aromatic carbocycles. The Bertz CT molecular complexity index is 898. The first kappa shape index (κ1) is 21.5. The number of amides is 1. The van der Waals surface area contributed by atoms with E-state index in [0.717, 1.165) is 0 Å². The van der Waals surface area contributed by atoms with E-state index < -0.39 is 15.9 Å². The molecular weight excluding hydrogens is 411 g/mol. The molecule has 0 bridgehead atoms. The van der Waals surface area contributed by atoms with Crippen molar-refractivity contribution in [1.29, 1.82) is 0 Å². The standard InChI is InChI=1S/C18H20Cl2N2O4S/c1-3-22(4-2)27(24,25)15-8-6-14(7-9-15)26-12-18(23)21-17-11-13(19)5-10-16(17)20/h5-11H,3-4,12H2,1-2H3,(H,21,23). The van der Waals surface area contributed by atoms with Gasteiger partial charge in [0.25, 0.3) is 5.91 Å². The Balaban J connectivity index is 1.99. The van der Waals surface area contributed by atoms with Crippen LogP contribution in [0.1, 0.15) is 13.8 Å². The van der Waals surface area contributed by atoms with E-state index in [-0.39, 0.29) is 11.5 Å². The molecule has 146 valence electrons. The minimum absolute atomic E-state index is 0.175. The lowest BCUT2D eigenvalue weighted by Gasteiger charge is -2.18. The molecule has 0 aliphatic rings. The molecule has 0 aromatic heterocycles. The first-order valence-corrected chi connectivity index (χ1v) is 10.5. The topological polar surface area (TPSA) is 75.7 Å². The van der Waals surface area contributed by atoms with Crippen LogP contribution in [0.4, 0.5) is 5.69 Å². The number of nitrogens with zero attached hydrogens (tertiary/aromatic N) is 1. The van der Waals surface area contributed by atoms with Crippen LogP contribution in [0, 0.1) is 0 Å². The Morgan fingerprint density at radius 2 is 1.70 bits per heavy atom. The third kappa shape index (κ3) is 5.59. The molecule has 0 spiro atoms. The molecule has 6 nitrogen and oxygen atoms in total. The van der Waals surface area contributed by atoms with Gasteiger partial charge in [0.1, 0.15) is 5.75 Å². The molecule has 27 heavy (non-hydrogen) atoms. The zero-order chi connectivity index (χ0) is 20.0. The second kappa shape index (κ2) is 9.41. The molecule has 2 rings (SSSR count). The fourth-order valence-electron chi connectivity index (χ4n) is 2.35. The van der Waals surface area contributed by atoms with Crippen molar-refractivity contribution >= 4 is 44.8 Å². The van der Waals surface area contributed by atoms with Crippen molar-refractivity contribution in [2.45, 2.75) is 18.7 Å². The van der Waals surface area contributed by atoms with Crippen LogP contribution in [0.5, 0.6) is 5.75 Å². The summed E-state index contributed by atoms with van der Waals surface area (Å²) in [6.45, 7) is 4.09. The molecule has 1 amide bonds. The summed E-state index contributed by atoms with van der Waals surface area (Å²) in [5.74, 6) is -0.0418. The van der Waals surface area contributed by atoms with Crippen LogP contribution in [0.3, 0.4) is 0 Å². The molecule has 0 unspecified atom stereocenters. The minimum Gasteiger partial charge on any atom is -0.484 e. The lowest BCUT2D eigenvalue weighted by Crippen LogP contribution is -2.30. The van der Waals surface area contributed by atoms with Crippen molar-refractivity contribution in [1.82, 2.24) is 4.31 Å². The van der Waals surface area contributed by atoms with Gasteiger partial charge < -0.3 is 10.1 Å². The first-order valence-electron chi connectivity index (χ1n) is 8.25. The third-order valence-corrected chi connectivity index (χ3v) is 6.37. The van der Waals surface area contributed by atoms with Crippen LogP contribution in [-0.2, 0) is 14.8 Å². The number of carbonyl (C=O) groups excluding carboxylic acids is 1. The van der Waals surface area contributed by atoms with Crippen LogP contribution < -0.4 is 10.1 Å². The van der Waals surface area contributed by atoms with Crippen molar-refractivity contribution < 1.29 is 17.9 Å². The summed E-state index contributed by atoms with van der Waals surface area (Å²) in [7, 11) is -3.53. The van der Waals surface area contributed by atoms with Crippen LogP contribution in [-0.4, -0.2) is 38.3 Å². The van der Waals surface area contributed by atoms with Gasteiger partial charge in [-0.3, -0.25) is 4.79 Å². The van der Waals surface area contributed by atoms with Gasteiger partial charge >= 0.3 is 0 Å². The summed E-state index contributed by atoms with van der Waals surface area (Å²) in [5, 5.41) is 3.41. The number of ether oxygens (including phenoxy) is 1. The molecule has 9 heteroatoms. The molecule has 0 atom stereocenters. The molecule has 2 aromatic rings. The molecular formula is C18H20Cl2N2O4S. The summed E-state index contributed by atoms with van der Waals surface area (Å²) >= 11 is 11.9. The van der Waals surface area contributed by atoms with Crippen molar-refractivity contribution in [3.05, 3.63) is 52.5 Å². The fourth-order valence-corrected chi connectivity index (χ4v) is 4.14. The lowest BCUT2D eigenvalue weighted by molar-refractivity contribution is -0.118. The molecule has 0 radical (unpaired) electrons. The van der Waals surface area contributed by atoms with E-state index >= 15 is 0 Å². The highest BCUT2D eigenvalue weighted by Crippen LogP contribution is 2.25. The maximum absolute atomic E-state index is 12.4. The predicted molar refractivity (Wildman–Crippen MR) is 107 cm³/mol. The van der Waals surface area contributed by atoms with E-state index in [1.807, 2.05) is 0 Å². The van der Waals surface area contributed by atoms with Crippen LogP contribution >= 0.6 is 23.2 Å². The third-order valence-electron chi connectivity index (χ3n) is 3.74. The Hall–Kier alpha value is -1.80. The first-order chi connectivity index (χ1) is 12.8. The molecule has 0 saturated heterocycles. The lowest BCUT2D eigenvalue weighted by atomic mass is 10.3. The summed E-state index contributed by atoms with van der Waals surface area (Å²) in [6, 6.07) is 10.7. The normalized spacial score (nSPS) is 11.4. The van der Waals surface area contributed by atoms with Gasteiger partial charge in [-0.05, 0) is 42.5 Å². The summed E-state index contributed by atoms with van der Waals surface area (Å²) < 4.78 is 31.6. The van der Waals surface area contributed by atoms with Gasteiger partial charge in [0.15, 0.2) is 6.61 Å². The van der Waals surface area contributed by atoms with E-state index in [1.54, 1.807) is 26.0 Å². The van der Waals surface area contributed by atoms with Gasteiger partial charge in [0, 0.05) is 18.1 Å². The van der Waals surface area contributed by atoms with Crippen LogP contribution in [0.2, 0.25) is 10.0 Å². The van der Waals surface area contributed by atoms with Crippen molar-refractivity contribution in [3.8, 4) is 5.75 Å². The van der Waals surface area contributed by atoms with Crippen LogP contribution in [0.15, 0.2) is 47.4 Å². The molecule has 0 aliphatic carbocycles. The number of halogens is 2. The van der Waals surface area contributed by atoms with Crippen molar-refractivity contribution in [3.63, 3.8) is 0 Å². The summed E-state index contributed by atoms with van der Waals surface area (Å²) in [5.41, 5.74) is 0.387. The van der Waals surface area contributed by atoms with E-state index in [0.29, 0.717) is 34.6 Å². The second-order valence-electron chi connectivity index (χ2n) is 5.52. The molecule has 0 aliphatic heterocycles. The Morgan fingerprint density at radius 3 is 2.30 bits per heavy atom. The van der Waals surface area contributed by atoms with Crippen molar-refractivity contribution in [2.24, 2.45) is 0 Å². The SMILES string of the molecule is CCN(CC)S(=O)(=O)c1ccc(OCC(=O)Nc2cc(Cl)ccc2Cl)cc1. The maximum atomic E-state index is 12.4. The van der Waals surface area contributed by atoms with E-state index in [4.69, 9.17) is 27.9 Å². The number of carbonyl (C=O) groups is 1. The average molecular weight is 431 g/mol. The van der Waals surface area contributed by atoms with Gasteiger partial charge in [0.05, 0.1) is 15.6 Å². The van der Waals surface area contributed by atoms with Gasteiger partial charge in [-0.15, -0.1) is 0 Å². The van der Waals surface area contributed by atoms with E-state index in [9.17, 15) is 13.2 Å². The number of benzene rings is 2.